The molecular weight excluding hydrogens is 357 g/mol. The molecule has 0 radical (unpaired) electrons. The third-order valence-electron chi connectivity index (χ3n) is 5.06. The number of nitrogens with zero attached hydrogens (tertiary/aromatic N) is 1. The lowest BCUT2D eigenvalue weighted by Gasteiger charge is -2.33. The van der Waals surface area contributed by atoms with E-state index in [0.29, 0.717) is 18.0 Å². The number of hydrogen-bond acceptors (Lipinski definition) is 3. The molecular formula is C19H33Cl2N3O. The molecule has 1 saturated heterocycles. The minimum absolute atomic E-state index is 0. The maximum Gasteiger partial charge on any atom is 0.254 e. The molecule has 2 N–H and O–H groups in total. The summed E-state index contributed by atoms with van der Waals surface area (Å²) in [6, 6.07) is 6.79. The van der Waals surface area contributed by atoms with Crippen LogP contribution in [0.5, 0.6) is 0 Å². The van der Waals surface area contributed by atoms with Gasteiger partial charge in [-0.05, 0) is 57.4 Å². The van der Waals surface area contributed by atoms with Gasteiger partial charge in [-0.3, -0.25) is 4.79 Å². The Bertz CT molecular complexity index is 551. The lowest BCUT2D eigenvalue weighted by Crippen LogP contribution is -2.47. The summed E-state index contributed by atoms with van der Waals surface area (Å²) in [6.07, 6.45) is 2.21. The van der Waals surface area contributed by atoms with Crippen molar-refractivity contribution in [3.63, 3.8) is 0 Å². The molecule has 2 atom stereocenters. The summed E-state index contributed by atoms with van der Waals surface area (Å²) in [5.41, 5.74) is 2.94. The molecule has 1 amide bonds. The number of likely N-dealkylation sites (N-methyl/N-ethyl adjacent to an activating group) is 1. The maximum absolute atomic E-state index is 12.9. The molecule has 2 unspecified atom stereocenters. The van der Waals surface area contributed by atoms with E-state index in [4.69, 9.17) is 0 Å². The zero-order valence-corrected chi connectivity index (χ0v) is 17.6. The minimum Gasteiger partial charge on any atom is -0.382 e. The van der Waals surface area contributed by atoms with Crippen molar-refractivity contribution in [3.05, 3.63) is 29.3 Å². The molecule has 25 heavy (non-hydrogen) atoms. The van der Waals surface area contributed by atoms with Gasteiger partial charge in [-0.25, -0.2) is 0 Å². The zero-order valence-electron chi connectivity index (χ0n) is 16.0. The smallest absolute Gasteiger partial charge is 0.254 e. The molecule has 2 rings (SSSR count). The number of rotatable bonds is 5. The molecule has 1 aromatic rings. The van der Waals surface area contributed by atoms with Crippen LogP contribution in [0.4, 0.5) is 5.69 Å². The predicted octanol–water partition coefficient (Wildman–Crippen LogP) is 4.12. The molecule has 0 aliphatic carbocycles. The molecule has 0 saturated carbocycles. The van der Waals surface area contributed by atoms with Crippen molar-refractivity contribution in [2.24, 2.45) is 5.92 Å². The fourth-order valence-corrected chi connectivity index (χ4v) is 3.00. The van der Waals surface area contributed by atoms with Crippen LogP contribution in [0.1, 0.15) is 49.5 Å². The van der Waals surface area contributed by atoms with E-state index in [2.05, 4.69) is 37.5 Å². The van der Waals surface area contributed by atoms with Crippen LogP contribution in [0.3, 0.4) is 0 Å². The highest BCUT2D eigenvalue weighted by Crippen LogP contribution is 2.23. The number of nitrogens with one attached hydrogen (secondary N) is 2. The summed E-state index contributed by atoms with van der Waals surface area (Å²) in [5.74, 6) is 0.704. The molecule has 1 fully saturated rings. The first-order valence-corrected chi connectivity index (χ1v) is 8.76. The van der Waals surface area contributed by atoms with Gasteiger partial charge in [-0.2, -0.15) is 0 Å². The van der Waals surface area contributed by atoms with E-state index >= 15 is 0 Å². The Hall–Kier alpha value is -0.970. The highest BCUT2D eigenvalue weighted by Gasteiger charge is 2.25. The summed E-state index contributed by atoms with van der Waals surface area (Å²) >= 11 is 0. The lowest BCUT2D eigenvalue weighted by molar-refractivity contribution is 0.0697. The van der Waals surface area contributed by atoms with Crippen LogP contribution in [0.2, 0.25) is 0 Å². The van der Waals surface area contributed by atoms with Gasteiger partial charge in [0.2, 0.25) is 0 Å². The van der Waals surface area contributed by atoms with Gasteiger partial charge in [0.25, 0.3) is 5.91 Å². The Morgan fingerprint density at radius 3 is 2.52 bits per heavy atom. The van der Waals surface area contributed by atoms with Gasteiger partial charge in [0.15, 0.2) is 0 Å². The molecule has 1 heterocycles. The third kappa shape index (κ3) is 6.05. The van der Waals surface area contributed by atoms with Gasteiger partial charge in [-0.1, -0.05) is 19.9 Å². The van der Waals surface area contributed by atoms with Crippen molar-refractivity contribution < 1.29 is 4.79 Å². The number of halogens is 2. The Balaban J connectivity index is 0.00000288. The van der Waals surface area contributed by atoms with Gasteiger partial charge in [-0.15, -0.1) is 24.8 Å². The summed E-state index contributed by atoms with van der Waals surface area (Å²) < 4.78 is 0. The number of hydrogen-bond donors (Lipinski definition) is 2. The Labute approximate surface area is 164 Å². The van der Waals surface area contributed by atoms with Crippen LogP contribution >= 0.6 is 24.8 Å². The van der Waals surface area contributed by atoms with Gasteiger partial charge >= 0.3 is 0 Å². The second-order valence-electron chi connectivity index (χ2n) is 7.03. The number of piperidine rings is 1. The van der Waals surface area contributed by atoms with Crippen molar-refractivity contribution in [3.8, 4) is 0 Å². The molecule has 0 aromatic heterocycles. The van der Waals surface area contributed by atoms with Gasteiger partial charge in [0.1, 0.15) is 0 Å². The lowest BCUT2D eigenvalue weighted by atomic mass is 10.0. The number of carbonyl (C=O) groups excluding carboxylic acids is 1. The predicted molar refractivity (Wildman–Crippen MR) is 112 cm³/mol. The standard InChI is InChI=1S/C19H31N3O.2ClH/c1-13(2)15(4)21-18-10-6-9-17(14(18)3)19(23)22-11-7-8-16(12-22)20-5;;/h6,9-10,13,15-16,20-21H,7-8,11-12H2,1-5H3;2*1H. The Kier molecular flexibility index (Phi) is 10.5. The second-order valence-corrected chi connectivity index (χ2v) is 7.03. The van der Waals surface area contributed by atoms with E-state index in [1.807, 2.05) is 31.0 Å². The van der Waals surface area contributed by atoms with Crippen molar-refractivity contribution in [1.82, 2.24) is 10.2 Å². The zero-order chi connectivity index (χ0) is 17.0. The quantitative estimate of drug-likeness (QED) is 0.795. The minimum atomic E-state index is 0. The van der Waals surface area contributed by atoms with Crippen LogP contribution < -0.4 is 10.6 Å². The molecule has 4 nitrogen and oxygen atoms in total. The molecule has 1 aliphatic rings. The number of amides is 1. The monoisotopic (exact) mass is 389 g/mol. The molecule has 1 aliphatic heterocycles. The number of likely N-dealkylation sites (tertiary alicyclic amines) is 1. The SMILES string of the molecule is CNC1CCCN(C(=O)c2cccc(NC(C)C(C)C)c2C)C1.Cl.Cl. The highest BCUT2D eigenvalue weighted by atomic mass is 35.5. The number of benzene rings is 1. The van der Waals surface area contributed by atoms with E-state index in [0.717, 1.165) is 42.7 Å². The molecule has 1 aromatic carbocycles. The first kappa shape index (κ1) is 24.0. The van der Waals surface area contributed by atoms with Crippen molar-refractivity contribution in [2.75, 3.05) is 25.5 Å². The van der Waals surface area contributed by atoms with Crippen LogP contribution in [-0.2, 0) is 0 Å². The van der Waals surface area contributed by atoms with Crippen LogP contribution in [0.15, 0.2) is 18.2 Å². The maximum atomic E-state index is 12.9. The average molecular weight is 390 g/mol. The first-order chi connectivity index (χ1) is 10.9. The van der Waals surface area contributed by atoms with E-state index in [1.165, 1.54) is 0 Å². The number of carbonyl (C=O) groups is 1. The van der Waals surface area contributed by atoms with Crippen molar-refractivity contribution in [2.45, 2.75) is 52.6 Å². The van der Waals surface area contributed by atoms with Crippen molar-refractivity contribution in [1.29, 1.82) is 0 Å². The fourth-order valence-electron chi connectivity index (χ4n) is 3.00. The summed E-state index contributed by atoms with van der Waals surface area (Å²) in [7, 11) is 1.97. The summed E-state index contributed by atoms with van der Waals surface area (Å²) in [5, 5.41) is 6.84. The van der Waals surface area contributed by atoms with Crippen molar-refractivity contribution >= 4 is 36.4 Å². The highest BCUT2D eigenvalue weighted by molar-refractivity contribution is 5.97. The van der Waals surface area contributed by atoms with Crippen LogP contribution in [0, 0.1) is 12.8 Å². The van der Waals surface area contributed by atoms with E-state index in [1.54, 1.807) is 0 Å². The van der Waals surface area contributed by atoms with E-state index < -0.39 is 0 Å². The first-order valence-electron chi connectivity index (χ1n) is 8.76. The Morgan fingerprint density at radius 1 is 1.24 bits per heavy atom. The van der Waals surface area contributed by atoms with Gasteiger partial charge < -0.3 is 15.5 Å². The van der Waals surface area contributed by atoms with Gasteiger partial charge in [0, 0.05) is 36.4 Å². The molecule has 144 valence electrons. The number of anilines is 1. The molecule has 6 heteroatoms. The third-order valence-corrected chi connectivity index (χ3v) is 5.06. The average Bonchev–Trinajstić information content (AvgIpc) is 2.56. The largest absolute Gasteiger partial charge is 0.382 e. The van der Waals surface area contributed by atoms with Crippen LogP contribution in [0.25, 0.3) is 0 Å². The van der Waals surface area contributed by atoms with E-state index in [9.17, 15) is 4.79 Å². The summed E-state index contributed by atoms with van der Waals surface area (Å²) in [4.78, 5) is 14.9. The van der Waals surface area contributed by atoms with Gasteiger partial charge in [0.05, 0.1) is 0 Å². The van der Waals surface area contributed by atoms with E-state index in [-0.39, 0.29) is 30.7 Å². The molecule has 0 bridgehead atoms. The Morgan fingerprint density at radius 2 is 1.92 bits per heavy atom. The second kappa shape index (κ2) is 10.9. The topological polar surface area (TPSA) is 44.4 Å². The fraction of sp³-hybridized carbons (Fsp3) is 0.632. The van der Waals surface area contributed by atoms with Crippen LogP contribution in [-0.4, -0.2) is 43.0 Å². The normalized spacial score (nSPS) is 18.2. The molecule has 0 spiro atoms. The summed E-state index contributed by atoms with van der Waals surface area (Å²) in [6.45, 7) is 10.3.